The Morgan fingerprint density at radius 3 is 2.92 bits per heavy atom. The van der Waals surface area contributed by atoms with Crippen molar-refractivity contribution in [3.05, 3.63) is 60.4 Å². The first-order chi connectivity index (χ1) is 12.5. The molecule has 1 aliphatic heterocycles. The average molecular weight is 348 g/mol. The lowest BCUT2D eigenvalue weighted by Crippen LogP contribution is -2.37. The number of hydrogen-bond acceptors (Lipinski definition) is 4. The summed E-state index contributed by atoms with van der Waals surface area (Å²) in [6, 6.07) is 14.1. The lowest BCUT2D eigenvalue weighted by Gasteiger charge is -2.38. The maximum Gasteiger partial charge on any atom is 0.405 e. The van der Waals surface area contributed by atoms with Crippen molar-refractivity contribution >= 4 is 16.9 Å². The summed E-state index contributed by atoms with van der Waals surface area (Å²) in [5.74, 6) is 0.717. The summed E-state index contributed by atoms with van der Waals surface area (Å²) < 4.78 is 11.4. The van der Waals surface area contributed by atoms with Crippen LogP contribution in [0.5, 0.6) is 5.75 Å². The summed E-state index contributed by atoms with van der Waals surface area (Å²) in [6.07, 6.45) is 2.44. The molecule has 0 saturated heterocycles. The van der Waals surface area contributed by atoms with Crippen LogP contribution in [0.4, 0.5) is 4.79 Å². The van der Waals surface area contributed by atoms with E-state index in [-0.39, 0.29) is 5.41 Å². The molecule has 132 valence electrons. The highest BCUT2D eigenvalue weighted by Gasteiger charge is 2.40. The number of carbonyl (C=O) groups is 1. The number of rotatable bonds is 2. The molecule has 4 rings (SSSR count). The molecule has 1 unspecified atom stereocenters. The van der Waals surface area contributed by atoms with Crippen LogP contribution in [0, 0.1) is 5.41 Å². The normalized spacial score (nSPS) is 18.0. The average Bonchev–Trinajstić information content (AvgIpc) is 2.63. The molecular weight excluding hydrogens is 328 g/mol. The molecule has 0 radical (unpaired) electrons. The Kier molecular flexibility index (Phi) is 3.80. The summed E-state index contributed by atoms with van der Waals surface area (Å²) in [5.41, 5.74) is 7.87. The van der Waals surface area contributed by atoms with Crippen LogP contribution in [0.15, 0.2) is 54.9 Å². The van der Waals surface area contributed by atoms with Crippen LogP contribution in [-0.4, -0.2) is 17.7 Å². The second kappa shape index (κ2) is 6.02. The summed E-state index contributed by atoms with van der Waals surface area (Å²) in [6.45, 7) is 4.43. The van der Waals surface area contributed by atoms with Gasteiger partial charge in [-0.25, -0.2) is 4.79 Å². The number of carbonyl (C=O) groups excluding carboxylic acids is 1. The van der Waals surface area contributed by atoms with Crippen LogP contribution >= 0.6 is 0 Å². The minimum absolute atomic E-state index is 0.354. The topological polar surface area (TPSA) is 74.4 Å². The van der Waals surface area contributed by atoms with Crippen molar-refractivity contribution in [2.24, 2.45) is 11.1 Å². The van der Waals surface area contributed by atoms with Crippen molar-refractivity contribution in [1.29, 1.82) is 0 Å². The van der Waals surface area contributed by atoms with E-state index in [0.717, 1.165) is 27.5 Å². The number of aromatic nitrogens is 1. The fraction of sp³-hybridized carbons (Fsp3) is 0.238. The maximum absolute atomic E-state index is 11.4. The molecule has 2 heterocycles. The minimum Gasteiger partial charge on any atom is -0.492 e. The summed E-state index contributed by atoms with van der Waals surface area (Å²) in [7, 11) is 0. The number of ether oxygens (including phenoxy) is 2. The molecule has 1 amide bonds. The van der Waals surface area contributed by atoms with E-state index in [0.29, 0.717) is 12.4 Å². The highest BCUT2D eigenvalue weighted by Crippen LogP contribution is 2.46. The molecule has 5 heteroatoms. The van der Waals surface area contributed by atoms with E-state index in [9.17, 15) is 4.79 Å². The quantitative estimate of drug-likeness (QED) is 0.742. The predicted molar refractivity (Wildman–Crippen MR) is 99.9 cm³/mol. The van der Waals surface area contributed by atoms with Crippen molar-refractivity contribution in [3.63, 3.8) is 0 Å². The van der Waals surface area contributed by atoms with Crippen molar-refractivity contribution in [3.8, 4) is 16.9 Å². The number of pyridine rings is 1. The second-order valence-electron chi connectivity index (χ2n) is 7.25. The van der Waals surface area contributed by atoms with Gasteiger partial charge >= 0.3 is 6.09 Å². The van der Waals surface area contributed by atoms with Crippen LogP contribution in [0.25, 0.3) is 21.9 Å². The van der Waals surface area contributed by atoms with E-state index in [2.05, 4.69) is 17.1 Å². The molecule has 3 aromatic rings. The molecule has 5 nitrogen and oxygen atoms in total. The molecule has 1 aromatic heterocycles. The van der Waals surface area contributed by atoms with Gasteiger partial charge in [-0.2, -0.15) is 0 Å². The standard InChI is InChI=1S/C21H20N2O3/c1-21(2)12-25-18-10-14(6-7-16(18)19(21)26-20(22)24)15-5-3-4-13-8-9-23-11-17(13)15/h3-11,19H,12H2,1-2H3,(H2,22,24). The first kappa shape index (κ1) is 16.4. The molecule has 0 fully saturated rings. The van der Waals surface area contributed by atoms with Gasteiger partial charge in [-0.1, -0.05) is 44.2 Å². The van der Waals surface area contributed by atoms with Gasteiger partial charge in [-0.15, -0.1) is 0 Å². The molecule has 1 aliphatic rings. The van der Waals surface area contributed by atoms with Crippen molar-refractivity contribution in [2.75, 3.05) is 6.61 Å². The van der Waals surface area contributed by atoms with Gasteiger partial charge in [0, 0.05) is 28.8 Å². The minimum atomic E-state index is -0.778. The lowest BCUT2D eigenvalue weighted by molar-refractivity contribution is -0.0176. The molecular formula is C21H20N2O3. The van der Waals surface area contributed by atoms with Crippen LogP contribution in [0.3, 0.4) is 0 Å². The second-order valence-corrected chi connectivity index (χ2v) is 7.25. The fourth-order valence-corrected chi connectivity index (χ4v) is 3.51. The Balaban J connectivity index is 1.82. The largest absolute Gasteiger partial charge is 0.492 e. The van der Waals surface area contributed by atoms with Gasteiger partial charge < -0.3 is 15.2 Å². The van der Waals surface area contributed by atoms with Gasteiger partial charge in [0.05, 0.1) is 6.61 Å². The molecule has 2 N–H and O–H groups in total. The third-order valence-electron chi connectivity index (χ3n) is 4.83. The summed E-state index contributed by atoms with van der Waals surface area (Å²) in [5, 5.41) is 2.21. The van der Waals surface area contributed by atoms with Crippen molar-refractivity contribution in [1.82, 2.24) is 4.98 Å². The van der Waals surface area contributed by atoms with E-state index < -0.39 is 12.2 Å². The molecule has 1 atom stereocenters. The molecule has 0 saturated carbocycles. The number of nitrogens with two attached hydrogens (primary N) is 1. The monoisotopic (exact) mass is 348 g/mol. The van der Waals surface area contributed by atoms with E-state index in [1.807, 2.05) is 50.4 Å². The maximum atomic E-state index is 11.4. The van der Waals surface area contributed by atoms with Gasteiger partial charge in [0.15, 0.2) is 0 Å². The van der Waals surface area contributed by atoms with Gasteiger partial charge in [0.1, 0.15) is 11.9 Å². The molecule has 2 aromatic carbocycles. The van der Waals surface area contributed by atoms with E-state index in [4.69, 9.17) is 15.2 Å². The zero-order valence-electron chi connectivity index (χ0n) is 14.7. The third kappa shape index (κ3) is 2.75. The summed E-state index contributed by atoms with van der Waals surface area (Å²) in [4.78, 5) is 15.6. The van der Waals surface area contributed by atoms with Gasteiger partial charge in [0.25, 0.3) is 0 Å². The smallest absolute Gasteiger partial charge is 0.405 e. The van der Waals surface area contributed by atoms with Crippen LogP contribution < -0.4 is 10.5 Å². The van der Waals surface area contributed by atoms with Gasteiger partial charge in [-0.05, 0) is 28.6 Å². The van der Waals surface area contributed by atoms with Crippen molar-refractivity contribution in [2.45, 2.75) is 20.0 Å². The molecule has 0 bridgehead atoms. The molecule has 26 heavy (non-hydrogen) atoms. The van der Waals surface area contributed by atoms with Gasteiger partial charge in [0.2, 0.25) is 0 Å². The number of fused-ring (bicyclic) bond motifs is 2. The SMILES string of the molecule is CC1(C)COc2cc(-c3cccc4ccncc34)ccc2C1OC(N)=O. The Morgan fingerprint density at radius 2 is 2.12 bits per heavy atom. The van der Waals surface area contributed by atoms with Crippen LogP contribution in [0.2, 0.25) is 0 Å². The fourth-order valence-electron chi connectivity index (χ4n) is 3.51. The zero-order chi connectivity index (χ0) is 18.3. The number of benzene rings is 2. The molecule has 0 spiro atoms. The first-order valence-electron chi connectivity index (χ1n) is 8.52. The zero-order valence-corrected chi connectivity index (χ0v) is 14.7. The van der Waals surface area contributed by atoms with Gasteiger partial charge in [-0.3, -0.25) is 4.98 Å². The number of nitrogens with zero attached hydrogens (tertiary/aromatic N) is 1. The Morgan fingerprint density at radius 1 is 1.27 bits per heavy atom. The Hall–Kier alpha value is -3.08. The van der Waals surface area contributed by atoms with Crippen LogP contribution in [0.1, 0.15) is 25.5 Å². The Bertz CT molecular complexity index is 992. The van der Waals surface area contributed by atoms with E-state index in [1.165, 1.54) is 0 Å². The summed E-state index contributed by atoms with van der Waals surface area (Å²) >= 11 is 0. The number of hydrogen-bond donors (Lipinski definition) is 1. The number of amides is 1. The Labute approximate surface area is 151 Å². The van der Waals surface area contributed by atoms with Crippen LogP contribution in [-0.2, 0) is 4.74 Å². The predicted octanol–water partition coefficient (Wildman–Crippen LogP) is 4.46. The third-order valence-corrected chi connectivity index (χ3v) is 4.83. The van der Waals surface area contributed by atoms with E-state index in [1.54, 1.807) is 6.20 Å². The highest BCUT2D eigenvalue weighted by atomic mass is 16.6. The lowest BCUT2D eigenvalue weighted by atomic mass is 9.80. The number of primary amides is 1. The molecule has 0 aliphatic carbocycles. The van der Waals surface area contributed by atoms with Crippen molar-refractivity contribution < 1.29 is 14.3 Å². The van der Waals surface area contributed by atoms with E-state index >= 15 is 0 Å². The highest BCUT2D eigenvalue weighted by molar-refractivity contribution is 5.96. The first-order valence-corrected chi connectivity index (χ1v) is 8.52.